The summed E-state index contributed by atoms with van der Waals surface area (Å²) in [5, 5.41) is 3.75. The van der Waals surface area contributed by atoms with Gasteiger partial charge in [-0.2, -0.15) is 5.10 Å². The molecule has 0 aromatic heterocycles. The van der Waals surface area contributed by atoms with Crippen LogP contribution in [0.15, 0.2) is 65.8 Å². The maximum atomic E-state index is 10.8. The van der Waals surface area contributed by atoms with E-state index in [4.69, 9.17) is 4.74 Å². The number of hydrogen-bond donors (Lipinski definition) is 1. The Morgan fingerprint density at radius 1 is 1.09 bits per heavy atom. The third-order valence-corrected chi connectivity index (χ3v) is 2.89. The van der Waals surface area contributed by atoms with E-state index in [1.54, 1.807) is 0 Å². The maximum Gasteiger partial charge on any atom is 0.427 e. The molecule has 2 aromatic rings. The summed E-state index contributed by atoms with van der Waals surface area (Å²) < 4.78 is 10.0. The molecule has 0 aliphatic rings. The van der Waals surface area contributed by atoms with Gasteiger partial charge in [0.25, 0.3) is 0 Å². The summed E-state index contributed by atoms with van der Waals surface area (Å²) in [6, 6.07) is 17.4. The third kappa shape index (κ3) is 6.05. The topological polar surface area (TPSA) is 59.9 Å². The van der Waals surface area contributed by atoms with Crippen molar-refractivity contribution in [2.24, 2.45) is 5.10 Å². The Morgan fingerprint density at radius 3 is 2.52 bits per heavy atom. The zero-order chi connectivity index (χ0) is 16.3. The lowest BCUT2D eigenvalue weighted by atomic mass is 10.2. The molecule has 5 nitrogen and oxygen atoms in total. The van der Waals surface area contributed by atoms with Gasteiger partial charge < -0.3 is 9.47 Å². The minimum Gasteiger partial charge on any atom is -0.490 e. The molecular weight excluding hydrogens is 292 g/mol. The van der Waals surface area contributed by atoms with Crippen LogP contribution in [0.5, 0.6) is 5.75 Å². The minimum absolute atomic E-state index is 0.492. The highest BCUT2D eigenvalue weighted by molar-refractivity contribution is 5.80. The largest absolute Gasteiger partial charge is 0.490 e. The van der Waals surface area contributed by atoms with Crippen LogP contribution < -0.4 is 10.2 Å². The van der Waals surface area contributed by atoms with Gasteiger partial charge in [0.05, 0.1) is 13.3 Å². The number of rotatable bonds is 6. The van der Waals surface area contributed by atoms with E-state index in [1.165, 1.54) is 13.3 Å². The highest BCUT2D eigenvalue weighted by Gasteiger charge is 1.95. The normalized spacial score (nSPS) is 10.8. The quantitative estimate of drug-likeness (QED) is 0.656. The first kappa shape index (κ1) is 16.3. The van der Waals surface area contributed by atoms with Crippen molar-refractivity contribution in [1.82, 2.24) is 5.43 Å². The molecular formula is C18H18N2O3. The summed E-state index contributed by atoms with van der Waals surface area (Å²) in [5.74, 6) is 0.765. The number of nitrogens with one attached hydrogen (secondary N) is 1. The molecule has 0 heterocycles. The van der Waals surface area contributed by atoms with Crippen LogP contribution in [-0.4, -0.2) is 26.0 Å². The summed E-state index contributed by atoms with van der Waals surface area (Å²) >= 11 is 0. The van der Waals surface area contributed by atoms with Crippen molar-refractivity contribution < 1.29 is 14.3 Å². The summed E-state index contributed by atoms with van der Waals surface area (Å²) in [4.78, 5) is 10.8. The number of carbonyl (C=O) groups excluding carboxylic acids is 1. The Labute approximate surface area is 135 Å². The smallest absolute Gasteiger partial charge is 0.427 e. The van der Waals surface area contributed by atoms with E-state index in [-0.39, 0.29) is 0 Å². The van der Waals surface area contributed by atoms with Crippen molar-refractivity contribution in [2.75, 3.05) is 13.7 Å². The van der Waals surface area contributed by atoms with Gasteiger partial charge in [-0.25, -0.2) is 10.2 Å². The molecule has 0 aliphatic heterocycles. The second kappa shape index (κ2) is 9.04. The molecule has 0 aliphatic carbocycles. The molecule has 0 unspecified atom stereocenters. The van der Waals surface area contributed by atoms with Crippen LogP contribution in [0.1, 0.15) is 11.1 Å². The Balaban J connectivity index is 1.78. The van der Waals surface area contributed by atoms with Crippen LogP contribution in [0.2, 0.25) is 0 Å². The Bertz CT molecular complexity index is 664. The van der Waals surface area contributed by atoms with Gasteiger partial charge >= 0.3 is 6.09 Å². The van der Waals surface area contributed by atoms with Crippen molar-refractivity contribution >= 4 is 18.4 Å². The third-order valence-electron chi connectivity index (χ3n) is 2.89. The minimum atomic E-state index is -0.605. The molecule has 1 N–H and O–H groups in total. The van der Waals surface area contributed by atoms with Crippen LogP contribution in [0.3, 0.4) is 0 Å². The molecule has 0 radical (unpaired) electrons. The van der Waals surface area contributed by atoms with E-state index < -0.39 is 6.09 Å². The number of nitrogens with zero attached hydrogens (tertiary/aromatic N) is 1. The number of hydrogen-bond acceptors (Lipinski definition) is 4. The predicted molar refractivity (Wildman–Crippen MR) is 90.5 cm³/mol. The molecule has 0 saturated heterocycles. The van der Waals surface area contributed by atoms with Crippen molar-refractivity contribution in [3.8, 4) is 5.75 Å². The van der Waals surface area contributed by atoms with Gasteiger partial charge in [-0.05, 0) is 41.5 Å². The van der Waals surface area contributed by atoms with Crippen LogP contribution >= 0.6 is 0 Å². The monoisotopic (exact) mass is 310 g/mol. The standard InChI is InChI=1S/C18H18N2O3/c1-22-18(21)20-19-14-16-9-11-17(12-10-16)23-13-5-8-15-6-3-2-4-7-15/h2-12,14H,13H2,1H3,(H,20,21)/b8-5+,19-14?. The molecule has 0 fully saturated rings. The molecule has 0 atom stereocenters. The molecule has 1 amide bonds. The summed E-state index contributed by atoms with van der Waals surface area (Å²) in [7, 11) is 1.28. The number of carbonyl (C=O) groups is 1. The lowest BCUT2D eigenvalue weighted by Crippen LogP contribution is -2.16. The van der Waals surface area contributed by atoms with Gasteiger partial charge in [0, 0.05) is 0 Å². The average molecular weight is 310 g/mol. The zero-order valence-corrected chi connectivity index (χ0v) is 12.8. The van der Waals surface area contributed by atoms with E-state index in [0.29, 0.717) is 6.61 Å². The summed E-state index contributed by atoms with van der Waals surface area (Å²) in [6.45, 7) is 0.492. The van der Waals surface area contributed by atoms with Crippen LogP contribution in [0.25, 0.3) is 6.08 Å². The summed E-state index contributed by atoms with van der Waals surface area (Å²) in [5.41, 5.74) is 4.20. The fourth-order valence-corrected chi connectivity index (χ4v) is 1.75. The van der Waals surface area contributed by atoms with Gasteiger partial charge in [0.2, 0.25) is 0 Å². The molecule has 0 spiro atoms. The Hall–Kier alpha value is -3.08. The number of amides is 1. The second-order valence-electron chi connectivity index (χ2n) is 4.55. The van der Waals surface area contributed by atoms with E-state index in [0.717, 1.165) is 16.9 Å². The molecule has 2 rings (SSSR count). The molecule has 5 heteroatoms. The summed E-state index contributed by atoms with van der Waals surface area (Å²) in [6.07, 6.45) is 4.90. The molecule has 2 aromatic carbocycles. The van der Waals surface area contributed by atoms with E-state index in [1.807, 2.05) is 66.7 Å². The predicted octanol–water partition coefficient (Wildman–Crippen LogP) is 3.47. The molecule has 118 valence electrons. The SMILES string of the molecule is COC(=O)NN=Cc1ccc(OC/C=C/c2ccccc2)cc1. The lowest BCUT2D eigenvalue weighted by Gasteiger charge is -2.03. The van der Waals surface area contributed by atoms with E-state index >= 15 is 0 Å². The number of methoxy groups -OCH3 is 1. The fraction of sp³-hybridized carbons (Fsp3) is 0.111. The van der Waals surface area contributed by atoms with Crippen molar-refractivity contribution in [2.45, 2.75) is 0 Å². The van der Waals surface area contributed by atoms with Gasteiger partial charge in [-0.15, -0.1) is 0 Å². The average Bonchev–Trinajstić information content (AvgIpc) is 2.60. The van der Waals surface area contributed by atoms with Crippen molar-refractivity contribution in [3.05, 3.63) is 71.8 Å². The van der Waals surface area contributed by atoms with Gasteiger partial charge in [-0.1, -0.05) is 36.4 Å². The molecule has 0 bridgehead atoms. The highest BCUT2D eigenvalue weighted by Crippen LogP contribution is 2.11. The fourth-order valence-electron chi connectivity index (χ4n) is 1.75. The van der Waals surface area contributed by atoms with Crippen molar-refractivity contribution in [1.29, 1.82) is 0 Å². The number of benzene rings is 2. The maximum absolute atomic E-state index is 10.8. The number of ether oxygens (including phenoxy) is 2. The second-order valence-corrected chi connectivity index (χ2v) is 4.55. The van der Waals surface area contributed by atoms with Gasteiger partial charge in [0.1, 0.15) is 12.4 Å². The molecule has 23 heavy (non-hydrogen) atoms. The van der Waals surface area contributed by atoms with Crippen LogP contribution in [0, 0.1) is 0 Å². The number of hydrazone groups is 1. The lowest BCUT2D eigenvalue weighted by molar-refractivity contribution is 0.171. The van der Waals surface area contributed by atoms with E-state index in [2.05, 4.69) is 15.3 Å². The Kier molecular flexibility index (Phi) is 6.41. The van der Waals surface area contributed by atoms with Crippen molar-refractivity contribution in [3.63, 3.8) is 0 Å². The first-order valence-electron chi connectivity index (χ1n) is 7.09. The first-order valence-corrected chi connectivity index (χ1v) is 7.09. The van der Waals surface area contributed by atoms with Gasteiger partial charge in [-0.3, -0.25) is 0 Å². The highest BCUT2D eigenvalue weighted by atomic mass is 16.5. The van der Waals surface area contributed by atoms with Crippen LogP contribution in [-0.2, 0) is 4.74 Å². The Morgan fingerprint density at radius 2 is 1.83 bits per heavy atom. The van der Waals surface area contributed by atoms with Crippen LogP contribution in [0.4, 0.5) is 4.79 Å². The zero-order valence-electron chi connectivity index (χ0n) is 12.8. The first-order chi connectivity index (χ1) is 11.3. The van der Waals surface area contributed by atoms with Gasteiger partial charge in [0.15, 0.2) is 0 Å². The van der Waals surface area contributed by atoms with E-state index in [9.17, 15) is 4.79 Å². The molecule has 0 saturated carbocycles.